The Balaban J connectivity index is 2.42. The largest absolute Gasteiger partial charge is 0.396 e. The maximum atomic E-state index is 8.85. The molecule has 18 heavy (non-hydrogen) atoms. The minimum atomic E-state index is 0.105. The molecule has 1 atom stereocenters. The molecule has 0 saturated heterocycles. The summed E-state index contributed by atoms with van der Waals surface area (Å²) in [7, 11) is 0. The molecule has 0 saturated carbocycles. The Hall–Kier alpha value is -0.900. The summed E-state index contributed by atoms with van der Waals surface area (Å²) in [6, 6.07) is 8.52. The average molecular weight is 250 g/mol. The molecule has 1 aromatic carbocycles. The maximum absolute atomic E-state index is 8.85. The number of benzene rings is 1. The van der Waals surface area contributed by atoms with Crippen LogP contribution in [0.25, 0.3) is 0 Å². The molecule has 0 aliphatic carbocycles. The van der Waals surface area contributed by atoms with Crippen molar-refractivity contribution >= 4 is 0 Å². The van der Waals surface area contributed by atoms with Gasteiger partial charge in [-0.3, -0.25) is 0 Å². The number of nitrogens with zero attached hydrogens (tertiary/aromatic N) is 1. The number of rotatable bonds is 8. The third-order valence-corrected chi connectivity index (χ3v) is 3.31. The molecule has 3 nitrogen and oxygen atoms in total. The molecule has 0 aromatic heterocycles. The highest BCUT2D eigenvalue weighted by Crippen LogP contribution is 2.15. The molecule has 0 aliphatic rings. The summed E-state index contributed by atoms with van der Waals surface area (Å²) < 4.78 is 0. The van der Waals surface area contributed by atoms with Crippen LogP contribution >= 0.6 is 0 Å². The molecule has 102 valence electrons. The van der Waals surface area contributed by atoms with E-state index in [4.69, 9.17) is 10.8 Å². The third-order valence-electron chi connectivity index (χ3n) is 3.31. The average Bonchev–Trinajstić information content (AvgIpc) is 2.38. The molecule has 0 spiro atoms. The standard InChI is InChI=1S/C15H26N2O/c1-3-17(9-5-11-18)10-8-15(16)14-7-4-6-13(2)12-14/h4,6-7,12,15,18H,3,5,8-11,16H2,1-2H3. The molecule has 0 amide bonds. The minimum Gasteiger partial charge on any atom is -0.396 e. The fraction of sp³-hybridized carbons (Fsp3) is 0.600. The van der Waals surface area contributed by atoms with Gasteiger partial charge in [0.2, 0.25) is 0 Å². The molecule has 0 fully saturated rings. The summed E-state index contributed by atoms with van der Waals surface area (Å²) in [6.07, 6.45) is 1.80. The van der Waals surface area contributed by atoms with Crippen molar-refractivity contribution in [1.82, 2.24) is 4.90 Å². The number of hydrogen-bond donors (Lipinski definition) is 2. The zero-order chi connectivity index (χ0) is 13.4. The van der Waals surface area contributed by atoms with Gasteiger partial charge < -0.3 is 15.7 Å². The van der Waals surface area contributed by atoms with Gasteiger partial charge in [-0.05, 0) is 38.4 Å². The van der Waals surface area contributed by atoms with E-state index in [0.29, 0.717) is 0 Å². The first kappa shape index (κ1) is 15.2. The van der Waals surface area contributed by atoms with Crippen molar-refractivity contribution in [3.8, 4) is 0 Å². The van der Waals surface area contributed by atoms with Crippen LogP contribution in [0.4, 0.5) is 0 Å². The number of aliphatic hydroxyl groups is 1. The lowest BCUT2D eigenvalue weighted by atomic mass is 10.0. The summed E-state index contributed by atoms with van der Waals surface area (Å²) in [6.45, 7) is 7.46. The van der Waals surface area contributed by atoms with Gasteiger partial charge in [0.1, 0.15) is 0 Å². The Morgan fingerprint density at radius 2 is 2.11 bits per heavy atom. The van der Waals surface area contributed by atoms with Crippen LogP contribution < -0.4 is 5.73 Å². The first-order valence-electron chi connectivity index (χ1n) is 6.82. The lowest BCUT2D eigenvalue weighted by Crippen LogP contribution is -2.28. The predicted molar refractivity (Wildman–Crippen MR) is 76.5 cm³/mol. The van der Waals surface area contributed by atoms with Crippen LogP contribution in [0.1, 0.15) is 36.9 Å². The molecular formula is C15H26N2O. The fourth-order valence-corrected chi connectivity index (χ4v) is 2.11. The van der Waals surface area contributed by atoms with Gasteiger partial charge in [0.05, 0.1) is 0 Å². The number of nitrogens with two attached hydrogens (primary N) is 1. The van der Waals surface area contributed by atoms with Crippen LogP contribution in [0.5, 0.6) is 0 Å². The van der Waals surface area contributed by atoms with E-state index < -0.39 is 0 Å². The van der Waals surface area contributed by atoms with Gasteiger partial charge in [-0.1, -0.05) is 36.8 Å². The molecule has 0 bridgehead atoms. The molecule has 0 radical (unpaired) electrons. The number of hydrogen-bond acceptors (Lipinski definition) is 3. The van der Waals surface area contributed by atoms with Gasteiger partial charge >= 0.3 is 0 Å². The van der Waals surface area contributed by atoms with Crippen molar-refractivity contribution in [2.45, 2.75) is 32.7 Å². The van der Waals surface area contributed by atoms with E-state index in [1.165, 1.54) is 11.1 Å². The van der Waals surface area contributed by atoms with Gasteiger partial charge in [-0.15, -0.1) is 0 Å². The smallest absolute Gasteiger partial charge is 0.0443 e. The van der Waals surface area contributed by atoms with Crippen molar-refractivity contribution in [2.24, 2.45) is 5.73 Å². The van der Waals surface area contributed by atoms with E-state index in [9.17, 15) is 0 Å². The normalized spacial score (nSPS) is 12.9. The zero-order valence-corrected chi connectivity index (χ0v) is 11.6. The van der Waals surface area contributed by atoms with Crippen LogP contribution in [-0.2, 0) is 0 Å². The molecule has 1 rings (SSSR count). The van der Waals surface area contributed by atoms with E-state index in [1.807, 2.05) is 0 Å². The molecule has 0 aliphatic heterocycles. The molecule has 0 heterocycles. The highest BCUT2D eigenvalue weighted by Gasteiger charge is 2.08. The zero-order valence-electron chi connectivity index (χ0n) is 11.6. The van der Waals surface area contributed by atoms with E-state index in [0.717, 1.165) is 32.5 Å². The van der Waals surface area contributed by atoms with Gasteiger partial charge in [0, 0.05) is 19.2 Å². The number of aliphatic hydroxyl groups excluding tert-OH is 1. The van der Waals surface area contributed by atoms with Crippen LogP contribution in [0.3, 0.4) is 0 Å². The van der Waals surface area contributed by atoms with E-state index in [2.05, 4.69) is 43.0 Å². The quantitative estimate of drug-likeness (QED) is 0.743. The van der Waals surface area contributed by atoms with Crippen molar-refractivity contribution in [3.63, 3.8) is 0 Å². The maximum Gasteiger partial charge on any atom is 0.0443 e. The van der Waals surface area contributed by atoms with Gasteiger partial charge in [0.15, 0.2) is 0 Å². The van der Waals surface area contributed by atoms with Gasteiger partial charge in [-0.25, -0.2) is 0 Å². The Kier molecular flexibility index (Phi) is 6.94. The second-order valence-electron chi connectivity index (χ2n) is 4.82. The van der Waals surface area contributed by atoms with E-state index in [1.54, 1.807) is 0 Å². The van der Waals surface area contributed by atoms with Crippen molar-refractivity contribution in [3.05, 3.63) is 35.4 Å². The van der Waals surface area contributed by atoms with Crippen LogP contribution in [0, 0.1) is 6.92 Å². The second-order valence-corrected chi connectivity index (χ2v) is 4.82. The summed E-state index contributed by atoms with van der Waals surface area (Å²) in [5.74, 6) is 0. The summed E-state index contributed by atoms with van der Waals surface area (Å²) in [5.41, 5.74) is 8.70. The van der Waals surface area contributed by atoms with Crippen molar-refractivity contribution in [1.29, 1.82) is 0 Å². The Labute approximate surface area is 111 Å². The lowest BCUT2D eigenvalue weighted by molar-refractivity contribution is 0.225. The third kappa shape index (κ3) is 5.17. The molecule has 1 aromatic rings. The van der Waals surface area contributed by atoms with Gasteiger partial charge in [-0.2, -0.15) is 0 Å². The van der Waals surface area contributed by atoms with Gasteiger partial charge in [0.25, 0.3) is 0 Å². The number of aryl methyl sites for hydroxylation is 1. The first-order valence-corrected chi connectivity index (χ1v) is 6.82. The fourth-order valence-electron chi connectivity index (χ4n) is 2.11. The molecule has 1 unspecified atom stereocenters. The summed E-state index contributed by atoms with van der Waals surface area (Å²) in [5, 5.41) is 8.85. The molecule has 3 heteroatoms. The van der Waals surface area contributed by atoms with E-state index in [-0.39, 0.29) is 12.6 Å². The molecule has 3 N–H and O–H groups in total. The van der Waals surface area contributed by atoms with Crippen LogP contribution in [0.15, 0.2) is 24.3 Å². The Morgan fingerprint density at radius 3 is 2.72 bits per heavy atom. The molecular weight excluding hydrogens is 224 g/mol. The SMILES string of the molecule is CCN(CCCO)CCC(N)c1cccc(C)c1. The van der Waals surface area contributed by atoms with E-state index >= 15 is 0 Å². The van der Waals surface area contributed by atoms with Crippen LogP contribution in [0.2, 0.25) is 0 Å². The Bertz CT molecular complexity index is 341. The van der Waals surface area contributed by atoms with Crippen molar-refractivity contribution in [2.75, 3.05) is 26.2 Å². The summed E-state index contributed by atoms with van der Waals surface area (Å²) in [4.78, 5) is 2.34. The van der Waals surface area contributed by atoms with Crippen LogP contribution in [-0.4, -0.2) is 36.2 Å². The first-order chi connectivity index (χ1) is 8.67. The Morgan fingerprint density at radius 1 is 1.33 bits per heavy atom. The minimum absolute atomic E-state index is 0.105. The van der Waals surface area contributed by atoms with Crippen molar-refractivity contribution < 1.29 is 5.11 Å². The topological polar surface area (TPSA) is 49.5 Å². The lowest BCUT2D eigenvalue weighted by Gasteiger charge is -2.22. The monoisotopic (exact) mass is 250 g/mol. The highest BCUT2D eigenvalue weighted by atomic mass is 16.3. The highest BCUT2D eigenvalue weighted by molar-refractivity contribution is 5.24. The summed E-state index contributed by atoms with van der Waals surface area (Å²) >= 11 is 0. The second kappa shape index (κ2) is 8.25. The predicted octanol–water partition coefficient (Wildman–Crippen LogP) is 2.09.